The molecule has 0 radical (unpaired) electrons. The van der Waals surface area contributed by atoms with Crippen LogP contribution in [0, 0.1) is 11.8 Å². The van der Waals surface area contributed by atoms with Gasteiger partial charge in [0, 0.05) is 23.6 Å². The summed E-state index contributed by atoms with van der Waals surface area (Å²) in [6.07, 6.45) is 16.6. The molecule has 1 N–H and O–H groups in total. The molecule has 4 aromatic rings. The van der Waals surface area contributed by atoms with Crippen molar-refractivity contribution in [2.75, 3.05) is 0 Å². The topological polar surface area (TPSA) is 12.0 Å². The summed E-state index contributed by atoms with van der Waals surface area (Å²) in [7, 11) is 0. The molecule has 5 rings (SSSR count). The van der Waals surface area contributed by atoms with E-state index in [1.165, 1.54) is 61.3 Å². The molecule has 1 aliphatic heterocycles. The highest BCUT2D eigenvalue weighted by atomic mass is 14.9. The van der Waals surface area contributed by atoms with Gasteiger partial charge in [0.05, 0.1) is 0 Å². The first kappa shape index (κ1) is 41.3. The van der Waals surface area contributed by atoms with E-state index in [0.717, 1.165) is 50.5 Å². The van der Waals surface area contributed by atoms with E-state index in [9.17, 15) is 0 Å². The predicted octanol–water partition coefficient (Wildman–Crippen LogP) is 14.6. The first-order valence-electron chi connectivity index (χ1n) is 20.8. The van der Waals surface area contributed by atoms with Crippen molar-refractivity contribution >= 4 is 11.6 Å². The van der Waals surface area contributed by atoms with Crippen LogP contribution in [-0.4, -0.2) is 6.04 Å². The van der Waals surface area contributed by atoms with Crippen molar-refractivity contribution in [1.29, 1.82) is 0 Å². The lowest BCUT2D eigenvalue weighted by Crippen LogP contribution is -2.36. The number of rotatable bonds is 17. The summed E-state index contributed by atoms with van der Waals surface area (Å²) in [5.74, 6) is 0.809. The van der Waals surface area contributed by atoms with E-state index >= 15 is 0 Å². The molecule has 0 amide bonds. The smallest absolute Gasteiger partial charge is 0.0453 e. The molecule has 0 aromatic heterocycles. The SMILES string of the molecule is C=Cc1ccc(C(CC(C)CCC2C(=C)C(C(=CC(/C=C(\C)c3ccccc3)=C(C)C)CCCC)=CNC2C)(c2ccccc2)c2ccc(CC)cc2)cc1. The zero-order chi connectivity index (χ0) is 39.4. The van der Waals surface area contributed by atoms with Crippen molar-refractivity contribution in [3.8, 4) is 0 Å². The fourth-order valence-electron chi connectivity index (χ4n) is 8.43. The van der Waals surface area contributed by atoms with Gasteiger partial charge in [-0.15, -0.1) is 0 Å². The fourth-order valence-corrected chi connectivity index (χ4v) is 8.43. The zero-order valence-corrected chi connectivity index (χ0v) is 34.8. The second kappa shape index (κ2) is 19.6. The Kier molecular flexibility index (Phi) is 14.7. The largest absolute Gasteiger partial charge is 0.387 e. The van der Waals surface area contributed by atoms with Gasteiger partial charge >= 0.3 is 0 Å². The molecule has 1 aliphatic rings. The lowest BCUT2D eigenvalue weighted by molar-refractivity contribution is 0.342. The van der Waals surface area contributed by atoms with E-state index in [-0.39, 0.29) is 5.41 Å². The zero-order valence-electron chi connectivity index (χ0n) is 34.8. The molecule has 0 aliphatic carbocycles. The normalized spacial score (nSPS) is 17.8. The summed E-state index contributed by atoms with van der Waals surface area (Å²) in [4.78, 5) is 0. The van der Waals surface area contributed by atoms with Crippen molar-refractivity contribution < 1.29 is 0 Å². The van der Waals surface area contributed by atoms with Crippen LogP contribution in [0.15, 0.2) is 169 Å². The molecule has 286 valence electrons. The highest BCUT2D eigenvalue weighted by Gasteiger charge is 2.38. The van der Waals surface area contributed by atoms with Crippen molar-refractivity contribution in [2.45, 2.75) is 105 Å². The Morgan fingerprint density at radius 1 is 0.800 bits per heavy atom. The molecule has 4 aromatic carbocycles. The van der Waals surface area contributed by atoms with Gasteiger partial charge in [-0.25, -0.2) is 0 Å². The number of hydrogen-bond acceptors (Lipinski definition) is 1. The Balaban J connectivity index is 1.45. The highest BCUT2D eigenvalue weighted by molar-refractivity contribution is 5.68. The summed E-state index contributed by atoms with van der Waals surface area (Å²) < 4.78 is 0. The third-order valence-corrected chi connectivity index (χ3v) is 11.9. The Hall–Kier alpha value is -4.88. The van der Waals surface area contributed by atoms with Crippen molar-refractivity contribution in [3.63, 3.8) is 0 Å². The molecular formula is C54H65N. The van der Waals surface area contributed by atoms with E-state index in [2.05, 4.69) is 188 Å². The minimum Gasteiger partial charge on any atom is -0.387 e. The maximum Gasteiger partial charge on any atom is 0.0453 e. The third kappa shape index (κ3) is 10.1. The number of aryl methyl sites for hydroxylation is 1. The molecule has 1 heteroatoms. The third-order valence-electron chi connectivity index (χ3n) is 11.9. The Morgan fingerprint density at radius 3 is 1.98 bits per heavy atom. The van der Waals surface area contributed by atoms with Crippen LogP contribution >= 0.6 is 0 Å². The Morgan fingerprint density at radius 2 is 1.40 bits per heavy atom. The Labute approximate surface area is 334 Å². The molecule has 4 unspecified atom stereocenters. The lowest BCUT2D eigenvalue weighted by atomic mass is 9.64. The second-order valence-corrected chi connectivity index (χ2v) is 16.1. The summed E-state index contributed by atoms with van der Waals surface area (Å²) in [6.45, 7) is 24.9. The second-order valence-electron chi connectivity index (χ2n) is 16.1. The number of hydrogen-bond donors (Lipinski definition) is 1. The first-order valence-corrected chi connectivity index (χ1v) is 20.8. The minimum absolute atomic E-state index is 0.284. The van der Waals surface area contributed by atoms with Crippen molar-refractivity contribution in [2.24, 2.45) is 11.8 Å². The maximum absolute atomic E-state index is 4.86. The molecule has 0 bridgehead atoms. The number of benzene rings is 4. The van der Waals surface area contributed by atoms with Crippen LogP contribution in [0.4, 0.5) is 0 Å². The van der Waals surface area contributed by atoms with Gasteiger partial charge in [-0.05, 0) is 133 Å². The molecule has 0 saturated carbocycles. The summed E-state index contributed by atoms with van der Waals surface area (Å²) >= 11 is 0. The van der Waals surface area contributed by atoms with Crippen LogP contribution in [0.1, 0.15) is 120 Å². The van der Waals surface area contributed by atoms with Crippen LogP contribution in [0.2, 0.25) is 0 Å². The fraction of sp³-hybridized carbons (Fsp3) is 0.333. The Bertz CT molecular complexity index is 1980. The van der Waals surface area contributed by atoms with Gasteiger partial charge in [0.15, 0.2) is 0 Å². The van der Waals surface area contributed by atoms with Crippen molar-refractivity contribution in [3.05, 3.63) is 202 Å². The average molecular weight is 728 g/mol. The number of allylic oxidation sites excluding steroid dienone is 7. The summed E-state index contributed by atoms with van der Waals surface area (Å²) in [5.41, 5.74) is 15.4. The van der Waals surface area contributed by atoms with Crippen LogP contribution in [0.25, 0.3) is 11.6 Å². The highest BCUT2D eigenvalue weighted by Crippen LogP contribution is 2.46. The molecule has 1 nitrogen and oxygen atoms in total. The first-order chi connectivity index (χ1) is 26.6. The van der Waals surface area contributed by atoms with Gasteiger partial charge in [-0.1, -0.05) is 173 Å². The molecule has 0 saturated heterocycles. The predicted molar refractivity (Wildman–Crippen MR) is 241 cm³/mol. The van der Waals surface area contributed by atoms with Crippen LogP contribution in [0.5, 0.6) is 0 Å². The summed E-state index contributed by atoms with van der Waals surface area (Å²) in [6, 6.07) is 40.8. The monoisotopic (exact) mass is 728 g/mol. The quantitative estimate of drug-likeness (QED) is 0.0843. The van der Waals surface area contributed by atoms with Gasteiger partial charge in [0.25, 0.3) is 0 Å². The van der Waals surface area contributed by atoms with E-state index in [0.29, 0.717) is 17.9 Å². The van der Waals surface area contributed by atoms with E-state index in [4.69, 9.17) is 6.58 Å². The molecule has 55 heavy (non-hydrogen) atoms. The minimum atomic E-state index is -0.284. The van der Waals surface area contributed by atoms with E-state index < -0.39 is 0 Å². The maximum atomic E-state index is 4.86. The van der Waals surface area contributed by atoms with E-state index in [1.807, 2.05) is 6.08 Å². The van der Waals surface area contributed by atoms with Crippen LogP contribution in [-0.2, 0) is 11.8 Å². The molecular weight excluding hydrogens is 663 g/mol. The van der Waals surface area contributed by atoms with Gasteiger partial charge in [0.2, 0.25) is 0 Å². The van der Waals surface area contributed by atoms with Gasteiger partial charge in [-0.2, -0.15) is 0 Å². The van der Waals surface area contributed by atoms with Crippen LogP contribution < -0.4 is 5.32 Å². The van der Waals surface area contributed by atoms with Gasteiger partial charge in [-0.3, -0.25) is 0 Å². The van der Waals surface area contributed by atoms with Gasteiger partial charge in [0.1, 0.15) is 0 Å². The van der Waals surface area contributed by atoms with E-state index in [1.54, 1.807) is 0 Å². The summed E-state index contributed by atoms with van der Waals surface area (Å²) in [5, 5.41) is 3.81. The lowest BCUT2D eigenvalue weighted by Gasteiger charge is -2.39. The number of nitrogens with one attached hydrogen (secondary N) is 1. The van der Waals surface area contributed by atoms with Crippen LogP contribution in [0.3, 0.4) is 0 Å². The average Bonchev–Trinajstić information content (AvgIpc) is 3.21. The van der Waals surface area contributed by atoms with Gasteiger partial charge < -0.3 is 5.32 Å². The molecule has 0 spiro atoms. The van der Waals surface area contributed by atoms with Crippen molar-refractivity contribution in [1.82, 2.24) is 5.32 Å². The molecule has 0 fully saturated rings. The standard InChI is InChI=1S/C54H65N/c1-10-13-20-47(36-48(39(4)5)35-41(7)46-21-16-14-17-22-46)53-38-55-43(9)52(42(53)8)34-25-40(6)37-54(49-23-18-15-19-24-49,50-30-26-44(11-2)27-31-50)51-32-28-45(12-3)29-33-51/h11,14-19,21-24,26-33,35-36,38,40,43,52,55H,2,8,10,12-13,20,25,34,37H2,1,3-7,9H3/b41-35+,47-36?. The number of unbranched alkanes of at least 4 members (excludes halogenated alkanes) is 1. The molecule has 1 heterocycles. The molecule has 4 atom stereocenters.